The van der Waals surface area contributed by atoms with E-state index in [9.17, 15) is 10.1 Å². The SMILES string of the molecule is Cc1nc(NCC2CCCO2)ccc1[N+](=O)[O-]. The third-order valence-corrected chi connectivity index (χ3v) is 2.79. The molecule has 1 unspecified atom stereocenters. The van der Waals surface area contributed by atoms with Gasteiger partial charge in [0.1, 0.15) is 11.5 Å². The van der Waals surface area contributed by atoms with Gasteiger partial charge in [-0.2, -0.15) is 0 Å². The van der Waals surface area contributed by atoms with Crippen molar-refractivity contribution < 1.29 is 9.66 Å². The van der Waals surface area contributed by atoms with Crippen LogP contribution in [0.25, 0.3) is 0 Å². The van der Waals surface area contributed by atoms with E-state index in [-0.39, 0.29) is 11.8 Å². The van der Waals surface area contributed by atoms with Crippen molar-refractivity contribution >= 4 is 11.5 Å². The monoisotopic (exact) mass is 237 g/mol. The van der Waals surface area contributed by atoms with Crippen molar-refractivity contribution in [3.8, 4) is 0 Å². The van der Waals surface area contributed by atoms with Crippen LogP contribution in [0.4, 0.5) is 11.5 Å². The molecule has 1 aromatic heterocycles. The van der Waals surface area contributed by atoms with Gasteiger partial charge in [-0.05, 0) is 25.8 Å². The van der Waals surface area contributed by atoms with E-state index in [1.807, 2.05) is 0 Å². The molecule has 1 saturated heterocycles. The van der Waals surface area contributed by atoms with Gasteiger partial charge >= 0.3 is 0 Å². The van der Waals surface area contributed by atoms with E-state index < -0.39 is 4.92 Å². The number of ether oxygens (including phenoxy) is 1. The highest BCUT2D eigenvalue weighted by Crippen LogP contribution is 2.18. The van der Waals surface area contributed by atoms with Gasteiger partial charge in [0.15, 0.2) is 0 Å². The summed E-state index contributed by atoms with van der Waals surface area (Å²) in [5, 5.41) is 13.8. The number of hydrogen-bond donors (Lipinski definition) is 1. The van der Waals surface area contributed by atoms with E-state index in [0.29, 0.717) is 18.1 Å². The average molecular weight is 237 g/mol. The summed E-state index contributed by atoms with van der Waals surface area (Å²) in [6.07, 6.45) is 2.38. The number of nitrogens with one attached hydrogen (secondary N) is 1. The Balaban J connectivity index is 1.97. The number of aromatic nitrogens is 1. The Morgan fingerprint density at radius 3 is 3.06 bits per heavy atom. The van der Waals surface area contributed by atoms with E-state index in [1.165, 1.54) is 6.07 Å². The number of nitro groups is 1. The average Bonchev–Trinajstić information content (AvgIpc) is 2.78. The second-order valence-electron chi connectivity index (χ2n) is 4.07. The molecule has 0 radical (unpaired) electrons. The van der Waals surface area contributed by atoms with Crippen LogP contribution >= 0.6 is 0 Å². The molecule has 1 atom stereocenters. The van der Waals surface area contributed by atoms with E-state index in [0.717, 1.165) is 19.4 Å². The minimum Gasteiger partial charge on any atom is -0.376 e. The van der Waals surface area contributed by atoms with E-state index in [4.69, 9.17) is 4.74 Å². The minimum absolute atomic E-state index is 0.0488. The Morgan fingerprint density at radius 1 is 1.65 bits per heavy atom. The van der Waals surface area contributed by atoms with Crippen LogP contribution in [0.15, 0.2) is 12.1 Å². The van der Waals surface area contributed by atoms with Crippen molar-refractivity contribution in [3.63, 3.8) is 0 Å². The number of rotatable bonds is 4. The zero-order valence-corrected chi connectivity index (χ0v) is 9.68. The maximum Gasteiger partial charge on any atom is 0.290 e. The van der Waals surface area contributed by atoms with Crippen molar-refractivity contribution in [2.75, 3.05) is 18.5 Å². The molecule has 1 aromatic rings. The fraction of sp³-hybridized carbons (Fsp3) is 0.545. The van der Waals surface area contributed by atoms with Gasteiger partial charge < -0.3 is 10.1 Å². The quantitative estimate of drug-likeness (QED) is 0.639. The predicted molar refractivity (Wildman–Crippen MR) is 63.1 cm³/mol. The van der Waals surface area contributed by atoms with Gasteiger partial charge in [0.05, 0.1) is 11.0 Å². The highest BCUT2D eigenvalue weighted by atomic mass is 16.6. The predicted octanol–water partition coefficient (Wildman–Crippen LogP) is 1.89. The summed E-state index contributed by atoms with van der Waals surface area (Å²) in [7, 11) is 0. The third-order valence-electron chi connectivity index (χ3n) is 2.79. The van der Waals surface area contributed by atoms with Gasteiger partial charge in [-0.3, -0.25) is 10.1 Å². The van der Waals surface area contributed by atoms with Crippen molar-refractivity contribution in [1.29, 1.82) is 0 Å². The number of pyridine rings is 1. The number of nitrogens with zero attached hydrogens (tertiary/aromatic N) is 2. The van der Waals surface area contributed by atoms with Crippen molar-refractivity contribution in [2.45, 2.75) is 25.9 Å². The first kappa shape index (κ1) is 11.8. The third kappa shape index (κ3) is 2.91. The molecule has 0 spiro atoms. The topological polar surface area (TPSA) is 77.3 Å². The van der Waals surface area contributed by atoms with Crippen LogP contribution in [0.2, 0.25) is 0 Å². The Labute approximate surface area is 99.2 Å². The van der Waals surface area contributed by atoms with E-state index in [2.05, 4.69) is 10.3 Å². The summed E-state index contributed by atoms with van der Waals surface area (Å²) in [6, 6.07) is 3.10. The molecule has 0 aromatic carbocycles. The highest BCUT2D eigenvalue weighted by Gasteiger charge is 2.16. The smallest absolute Gasteiger partial charge is 0.290 e. The second-order valence-corrected chi connectivity index (χ2v) is 4.07. The zero-order chi connectivity index (χ0) is 12.3. The molecule has 1 N–H and O–H groups in total. The number of hydrogen-bond acceptors (Lipinski definition) is 5. The number of anilines is 1. The molecule has 1 aliphatic rings. The van der Waals surface area contributed by atoms with Gasteiger partial charge in [0.25, 0.3) is 5.69 Å². The standard InChI is InChI=1S/C11H15N3O3/c1-8-10(14(15)16)4-5-11(13-8)12-7-9-3-2-6-17-9/h4-5,9H,2-3,6-7H2,1H3,(H,12,13). The largest absolute Gasteiger partial charge is 0.376 e. The molecule has 92 valence electrons. The lowest BCUT2D eigenvalue weighted by Crippen LogP contribution is -2.19. The summed E-state index contributed by atoms with van der Waals surface area (Å²) in [5.74, 6) is 0.656. The maximum absolute atomic E-state index is 10.6. The highest BCUT2D eigenvalue weighted by molar-refractivity contribution is 5.44. The summed E-state index contributed by atoms with van der Waals surface area (Å²) in [5.41, 5.74) is 0.472. The normalized spacial score (nSPS) is 19.2. The minimum atomic E-state index is -0.424. The van der Waals surface area contributed by atoms with Crippen molar-refractivity contribution in [2.24, 2.45) is 0 Å². The van der Waals surface area contributed by atoms with Crippen LogP contribution in [0, 0.1) is 17.0 Å². The fourth-order valence-electron chi connectivity index (χ4n) is 1.87. The fourth-order valence-corrected chi connectivity index (χ4v) is 1.87. The van der Waals surface area contributed by atoms with E-state index >= 15 is 0 Å². The molecule has 0 aliphatic carbocycles. The molecule has 17 heavy (non-hydrogen) atoms. The van der Waals surface area contributed by atoms with Crippen LogP contribution < -0.4 is 5.32 Å². The molecule has 0 amide bonds. The van der Waals surface area contributed by atoms with Crippen LogP contribution in [0.3, 0.4) is 0 Å². The molecule has 1 fully saturated rings. The second kappa shape index (κ2) is 5.09. The summed E-state index contributed by atoms with van der Waals surface area (Å²) in [4.78, 5) is 14.3. The first-order chi connectivity index (χ1) is 8.16. The Bertz CT molecular complexity index is 416. The van der Waals surface area contributed by atoms with Crippen LogP contribution in [-0.4, -0.2) is 29.2 Å². The Kier molecular flexibility index (Phi) is 3.53. The summed E-state index contributed by atoms with van der Waals surface area (Å²) >= 11 is 0. The van der Waals surface area contributed by atoms with Gasteiger partial charge in [-0.1, -0.05) is 0 Å². The molecule has 2 rings (SSSR count). The first-order valence-corrected chi connectivity index (χ1v) is 5.64. The maximum atomic E-state index is 10.6. The molecular formula is C11H15N3O3. The molecular weight excluding hydrogens is 222 g/mol. The Morgan fingerprint density at radius 2 is 2.47 bits per heavy atom. The molecule has 6 nitrogen and oxygen atoms in total. The van der Waals surface area contributed by atoms with Crippen LogP contribution in [0.1, 0.15) is 18.5 Å². The lowest BCUT2D eigenvalue weighted by atomic mass is 10.2. The molecule has 6 heteroatoms. The van der Waals surface area contributed by atoms with Crippen molar-refractivity contribution in [3.05, 3.63) is 27.9 Å². The first-order valence-electron chi connectivity index (χ1n) is 5.64. The van der Waals surface area contributed by atoms with Gasteiger partial charge in [-0.25, -0.2) is 4.98 Å². The van der Waals surface area contributed by atoms with Gasteiger partial charge in [0, 0.05) is 19.2 Å². The summed E-state index contributed by atoms with van der Waals surface area (Å²) < 4.78 is 5.47. The molecule has 2 heterocycles. The molecule has 1 aliphatic heterocycles. The number of aryl methyl sites for hydroxylation is 1. The van der Waals surface area contributed by atoms with Gasteiger partial charge in [0.2, 0.25) is 0 Å². The lowest BCUT2D eigenvalue weighted by Gasteiger charge is -2.11. The zero-order valence-electron chi connectivity index (χ0n) is 9.68. The van der Waals surface area contributed by atoms with Crippen LogP contribution in [-0.2, 0) is 4.74 Å². The molecule has 0 saturated carbocycles. The van der Waals surface area contributed by atoms with Crippen LogP contribution in [0.5, 0.6) is 0 Å². The van der Waals surface area contributed by atoms with Gasteiger partial charge in [-0.15, -0.1) is 0 Å². The van der Waals surface area contributed by atoms with Crippen molar-refractivity contribution in [1.82, 2.24) is 4.98 Å². The Hall–Kier alpha value is -1.69. The lowest BCUT2D eigenvalue weighted by molar-refractivity contribution is -0.385. The summed E-state index contributed by atoms with van der Waals surface area (Å²) in [6.45, 7) is 3.15. The molecule has 0 bridgehead atoms. The van der Waals surface area contributed by atoms with E-state index in [1.54, 1.807) is 13.0 Å².